The number of methoxy groups -OCH3 is 1. The molecule has 0 aliphatic heterocycles. The number of carbonyl (C=O) groups is 2. The Labute approximate surface area is 150 Å². The largest absolute Gasteiger partial charge is 0.493 e. The van der Waals surface area contributed by atoms with Crippen LogP contribution < -0.4 is 9.47 Å². The fourth-order valence-electron chi connectivity index (χ4n) is 2.60. The standard InChI is InChI=1S/C21H16O5/c1-25-18-11-9-14(10-12-20(22)23)13-19(18)26-21(24)17-8-4-6-15-5-2-3-7-16(15)17/h2-13H,1H3,(H,22,23)/b12-10+. The van der Waals surface area contributed by atoms with E-state index in [0.717, 1.165) is 16.8 Å². The molecule has 0 heterocycles. The van der Waals surface area contributed by atoms with Gasteiger partial charge in [0.05, 0.1) is 12.7 Å². The number of carboxylic acids is 1. The van der Waals surface area contributed by atoms with E-state index in [0.29, 0.717) is 16.9 Å². The van der Waals surface area contributed by atoms with Crippen molar-refractivity contribution in [3.8, 4) is 11.5 Å². The van der Waals surface area contributed by atoms with E-state index in [-0.39, 0.29) is 5.75 Å². The lowest BCUT2D eigenvalue weighted by Gasteiger charge is -2.11. The molecule has 130 valence electrons. The van der Waals surface area contributed by atoms with Crippen LogP contribution in [0.5, 0.6) is 11.5 Å². The molecule has 0 amide bonds. The summed E-state index contributed by atoms with van der Waals surface area (Å²) in [6.07, 6.45) is 2.43. The van der Waals surface area contributed by atoms with Crippen molar-refractivity contribution in [1.82, 2.24) is 0 Å². The molecule has 0 bridgehead atoms. The first kappa shape index (κ1) is 17.2. The van der Waals surface area contributed by atoms with Crippen LogP contribution in [0, 0.1) is 0 Å². The van der Waals surface area contributed by atoms with Gasteiger partial charge in [0.15, 0.2) is 11.5 Å². The maximum Gasteiger partial charge on any atom is 0.344 e. The first-order valence-corrected chi connectivity index (χ1v) is 7.87. The quantitative estimate of drug-likeness (QED) is 0.426. The molecule has 3 aromatic carbocycles. The number of hydrogen-bond acceptors (Lipinski definition) is 4. The van der Waals surface area contributed by atoms with Gasteiger partial charge in [-0.25, -0.2) is 9.59 Å². The summed E-state index contributed by atoms with van der Waals surface area (Å²) in [5, 5.41) is 10.5. The van der Waals surface area contributed by atoms with Gasteiger partial charge in [0, 0.05) is 6.08 Å². The normalized spacial score (nSPS) is 10.8. The number of fused-ring (bicyclic) bond motifs is 1. The first-order chi connectivity index (χ1) is 12.6. The third-order valence-corrected chi connectivity index (χ3v) is 3.82. The molecule has 5 nitrogen and oxygen atoms in total. The predicted octanol–water partition coefficient (Wildman–Crippen LogP) is 4.17. The molecule has 0 aromatic heterocycles. The van der Waals surface area contributed by atoms with Crippen molar-refractivity contribution in [2.24, 2.45) is 0 Å². The number of benzene rings is 3. The second-order valence-electron chi connectivity index (χ2n) is 5.50. The van der Waals surface area contributed by atoms with Crippen molar-refractivity contribution in [3.63, 3.8) is 0 Å². The lowest BCUT2D eigenvalue weighted by Crippen LogP contribution is -2.10. The number of ether oxygens (including phenoxy) is 2. The number of esters is 1. The van der Waals surface area contributed by atoms with Crippen LogP contribution in [0.1, 0.15) is 15.9 Å². The van der Waals surface area contributed by atoms with Crippen LogP contribution >= 0.6 is 0 Å². The van der Waals surface area contributed by atoms with Crippen molar-refractivity contribution in [3.05, 3.63) is 77.9 Å². The van der Waals surface area contributed by atoms with Crippen molar-refractivity contribution in [2.75, 3.05) is 7.11 Å². The third-order valence-electron chi connectivity index (χ3n) is 3.82. The highest BCUT2D eigenvalue weighted by Gasteiger charge is 2.15. The molecule has 3 aromatic rings. The molecule has 0 saturated heterocycles. The topological polar surface area (TPSA) is 72.8 Å². The van der Waals surface area contributed by atoms with E-state index in [1.807, 2.05) is 30.3 Å². The van der Waals surface area contributed by atoms with Gasteiger partial charge in [0.1, 0.15) is 0 Å². The van der Waals surface area contributed by atoms with Gasteiger partial charge in [-0.2, -0.15) is 0 Å². The predicted molar refractivity (Wildman–Crippen MR) is 98.6 cm³/mol. The fraction of sp³-hybridized carbons (Fsp3) is 0.0476. The van der Waals surface area contributed by atoms with E-state index in [1.165, 1.54) is 13.2 Å². The Bertz CT molecular complexity index is 999. The number of rotatable bonds is 5. The highest BCUT2D eigenvalue weighted by Crippen LogP contribution is 2.30. The van der Waals surface area contributed by atoms with Crippen LogP contribution in [0.4, 0.5) is 0 Å². The van der Waals surface area contributed by atoms with E-state index in [1.54, 1.807) is 30.3 Å². The molecular weight excluding hydrogens is 332 g/mol. The molecule has 3 rings (SSSR count). The van der Waals surface area contributed by atoms with Crippen LogP contribution in [-0.2, 0) is 4.79 Å². The lowest BCUT2D eigenvalue weighted by molar-refractivity contribution is -0.131. The van der Waals surface area contributed by atoms with E-state index < -0.39 is 11.9 Å². The minimum Gasteiger partial charge on any atom is -0.493 e. The van der Waals surface area contributed by atoms with E-state index in [2.05, 4.69) is 0 Å². The number of carboxylic acid groups (broad SMARTS) is 1. The number of hydrogen-bond donors (Lipinski definition) is 1. The van der Waals surface area contributed by atoms with Gasteiger partial charge in [-0.1, -0.05) is 42.5 Å². The number of aliphatic carboxylic acids is 1. The molecule has 0 radical (unpaired) electrons. The Balaban J connectivity index is 1.95. The molecule has 0 unspecified atom stereocenters. The van der Waals surface area contributed by atoms with E-state index in [4.69, 9.17) is 14.6 Å². The van der Waals surface area contributed by atoms with Gasteiger partial charge in [0.2, 0.25) is 0 Å². The maximum absolute atomic E-state index is 12.7. The van der Waals surface area contributed by atoms with Crippen LogP contribution in [0.3, 0.4) is 0 Å². The summed E-state index contributed by atoms with van der Waals surface area (Å²) in [4.78, 5) is 23.4. The summed E-state index contributed by atoms with van der Waals surface area (Å²) < 4.78 is 10.8. The third kappa shape index (κ3) is 3.72. The van der Waals surface area contributed by atoms with E-state index >= 15 is 0 Å². The molecule has 0 atom stereocenters. The van der Waals surface area contributed by atoms with Gasteiger partial charge in [-0.05, 0) is 40.6 Å². The second-order valence-corrected chi connectivity index (χ2v) is 5.50. The van der Waals surface area contributed by atoms with Crippen molar-refractivity contribution >= 4 is 28.8 Å². The maximum atomic E-state index is 12.7. The molecule has 0 aliphatic rings. The SMILES string of the molecule is COc1ccc(/C=C/C(=O)O)cc1OC(=O)c1cccc2ccccc12. The molecule has 5 heteroatoms. The van der Waals surface area contributed by atoms with Crippen LogP contribution in [0.15, 0.2) is 66.7 Å². The minimum atomic E-state index is -1.06. The number of carbonyl (C=O) groups excluding carboxylic acids is 1. The fourth-order valence-corrected chi connectivity index (χ4v) is 2.60. The average molecular weight is 348 g/mol. The Morgan fingerprint density at radius 1 is 0.962 bits per heavy atom. The molecule has 0 aliphatic carbocycles. The van der Waals surface area contributed by atoms with Gasteiger partial charge in [0.25, 0.3) is 0 Å². The lowest BCUT2D eigenvalue weighted by atomic mass is 10.0. The van der Waals surface area contributed by atoms with E-state index in [9.17, 15) is 9.59 Å². The zero-order chi connectivity index (χ0) is 18.5. The second kappa shape index (κ2) is 7.53. The van der Waals surface area contributed by atoms with Crippen LogP contribution in [0.25, 0.3) is 16.8 Å². The van der Waals surface area contributed by atoms with Gasteiger partial charge < -0.3 is 14.6 Å². The highest BCUT2D eigenvalue weighted by molar-refractivity contribution is 6.05. The molecule has 0 fully saturated rings. The Morgan fingerprint density at radius 3 is 2.50 bits per heavy atom. The van der Waals surface area contributed by atoms with Crippen molar-refractivity contribution < 1.29 is 24.2 Å². The molecule has 1 N–H and O–H groups in total. The zero-order valence-electron chi connectivity index (χ0n) is 14.0. The monoisotopic (exact) mass is 348 g/mol. The summed E-state index contributed by atoms with van der Waals surface area (Å²) in [6, 6.07) is 17.8. The minimum absolute atomic E-state index is 0.220. The highest BCUT2D eigenvalue weighted by atomic mass is 16.6. The van der Waals surface area contributed by atoms with Crippen LogP contribution in [-0.4, -0.2) is 24.2 Å². The molecule has 0 spiro atoms. The van der Waals surface area contributed by atoms with Crippen molar-refractivity contribution in [2.45, 2.75) is 0 Å². The Hall–Kier alpha value is -3.60. The van der Waals surface area contributed by atoms with Gasteiger partial charge >= 0.3 is 11.9 Å². The summed E-state index contributed by atoms with van der Waals surface area (Å²) >= 11 is 0. The first-order valence-electron chi connectivity index (χ1n) is 7.87. The van der Waals surface area contributed by atoms with Gasteiger partial charge in [-0.3, -0.25) is 0 Å². The van der Waals surface area contributed by atoms with Crippen LogP contribution in [0.2, 0.25) is 0 Å². The zero-order valence-corrected chi connectivity index (χ0v) is 14.0. The Kier molecular flexibility index (Phi) is 4.99. The van der Waals surface area contributed by atoms with Gasteiger partial charge in [-0.15, -0.1) is 0 Å². The molecule has 26 heavy (non-hydrogen) atoms. The summed E-state index contributed by atoms with van der Waals surface area (Å²) in [7, 11) is 1.47. The summed E-state index contributed by atoms with van der Waals surface area (Å²) in [5.74, 6) is -0.974. The summed E-state index contributed by atoms with van der Waals surface area (Å²) in [6.45, 7) is 0. The Morgan fingerprint density at radius 2 is 1.73 bits per heavy atom. The molecular formula is C21H16O5. The summed E-state index contributed by atoms with van der Waals surface area (Å²) in [5.41, 5.74) is 1.02. The van der Waals surface area contributed by atoms with Crippen molar-refractivity contribution in [1.29, 1.82) is 0 Å². The average Bonchev–Trinajstić information content (AvgIpc) is 2.66. The smallest absolute Gasteiger partial charge is 0.344 e. The molecule has 0 saturated carbocycles.